The molecule has 11 heteroatoms. The molecule has 0 saturated carbocycles. The number of nitrogens with one attached hydrogen (secondary N) is 1. The predicted octanol–water partition coefficient (Wildman–Crippen LogP) is 4.33. The Morgan fingerprint density at radius 2 is 1.78 bits per heavy atom. The van der Waals surface area contributed by atoms with Crippen LogP contribution in [-0.2, 0) is 4.79 Å². The zero-order valence-electron chi connectivity index (χ0n) is 16.3. The van der Waals surface area contributed by atoms with Crippen LogP contribution in [0.25, 0.3) is 22.6 Å². The summed E-state index contributed by atoms with van der Waals surface area (Å²) in [5.41, 5.74) is 1.26. The zero-order valence-corrected chi connectivity index (χ0v) is 16.3. The van der Waals surface area contributed by atoms with E-state index in [0.29, 0.717) is 22.7 Å². The Morgan fingerprint density at radius 3 is 2.50 bits per heavy atom. The molecule has 0 radical (unpaired) electrons. The highest BCUT2D eigenvalue weighted by Gasteiger charge is 2.21. The van der Waals surface area contributed by atoms with Crippen LogP contribution in [0.4, 0.5) is 17.1 Å². The molecule has 0 unspecified atom stereocenters. The number of carbonyl (C=O) groups is 1. The summed E-state index contributed by atoms with van der Waals surface area (Å²) in [4.78, 5) is 37.0. The minimum atomic E-state index is -0.816. The molecule has 1 N–H and O–H groups in total. The Kier molecular flexibility index (Phi) is 5.45. The maximum atomic E-state index is 12.2. The Hall–Kier alpha value is -4.80. The third kappa shape index (κ3) is 4.36. The summed E-state index contributed by atoms with van der Waals surface area (Å²) in [5.74, 6) is -0.392. The van der Waals surface area contributed by atoms with Gasteiger partial charge in [-0.05, 0) is 36.4 Å². The van der Waals surface area contributed by atoms with Gasteiger partial charge >= 0.3 is 5.69 Å². The van der Waals surface area contributed by atoms with Crippen molar-refractivity contribution in [3.63, 3.8) is 0 Å². The van der Waals surface area contributed by atoms with E-state index in [1.165, 1.54) is 0 Å². The molecule has 0 saturated heterocycles. The van der Waals surface area contributed by atoms with Gasteiger partial charge in [0, 0.05) is 17.3 Å². The van der Waals surface area contributed by atoms with Crippen molar-refractivity contribution < 1.29 is 23.8 Å². The van der Waals surface area contributed by atoms with Crippen LogP contribution in [0.15, 0.2) is 71.1 Å². The van der Waals surface area contributed by atoms with Gasteiger partial charge in [0.1, 0.15) is 5.52 Å². The number of oxazole rings is 1. The van der Waals surface area contributed by atoms with Crippen molar-refractivity contribution in [3.05, 3.63) is 87.0 Å². The van der Waals surface area contributed by atoms with Crippen molar-refractivity contribution in [1.82, 2.24) is 4.98 Å². The Bertz CT molecular complexity index is 1330. The minimum absolute atomic E-state index is 0.254. The topological polar surface area (TPSA) is 151 Å². The van der Waals surface area contributed by atoms with Gasteiger partial charge in [0.25, 0.3) is 11.6 Å². The van der Waals surface area contributed by atoms with Crippen LogP contribution < -0.4 is 10.1 Å². The highest BCUT2D eigenvalue weighted by Crippen LogP contribution is 2.31. The highest BCUT2D eigenvalue weighted by molar-refractivity contribution is 5.94. The summed E-state index contributed by atoms with van der Waals surface area (Å²) in [7, 11) is 0. The molecular weight excluding hydrogens is 420 g/mol. The number of fused-ring (bicyclic) bond motifs is 1. The molecule has 1 heterocycles. The van der Waals surface area contributed by atoms with E-state index in [4.69, 9.17) is 9.15 Å². The number of benzene rings is 3. The second-order valence-corrected chi connectivity index (χ2v) is 6.57. The van der Waals surface area contributed by atoms with Crippen LogP contribution >= 0.6 is 0 Å². The molecule has 3 aromatic carbocycles. The molecule has 4 rings (SSSR count). The molecule has 11 nitrogen and oxygen atoms in total. The van der Waals surface area contributed by atoms with Gasteiger partial charge in [-0.2, -0.15) is 0 Å². The normalized spacial score (nSPS) is 10.6. The SMILES string of the molecule is O=C(COc1ccc([N+](=O)[O-])cc1[N+](=O)[O-])Nc1ccc2oc(-c3ccccc3)nc2c1. The van der Waals surface area contributed by atoms with Gasteiger partial charge in [-0.3, -0.25) is 25.0 Å². The van der Waals surface area contributed by atoms with Gasteiger partial charge in [0.15, 0.2) is 17.9 Å². The average Bonchev–Trinajstić information content (AvgIpc) is 3.21. The zero-order chi connectivity index (χ0) is 22.7. The van der Waals surface area contributed by atoms with E-state index in [-0.39, 0.29) is 5.75 Å². The summed E-state index contributed by atoms with van der Waals surface area (Å²) < 4.78 is 10.9. The maximum Gasteiger partial charge on any atom is 0.317 e. The first-order chi connectivity index (χ1) is 15.4. The predicted molar refractivity (Wildman–Crippen MR) is 113 cm³/mol. The lowest BCUT2D eigenvalue weighted by Gasteiger charge is -2.08. The van der Waals surface area contributed by atoms with Crippen molar-refractivity contribution in [1.29, 1.82) is 0 Å². The number of ether oxygens (including phenoxy) is 1. The van der Waals surface area contributed by atoms with Crippen LogP contribution in [-0.4, -0.2) is 27.3 Å². The molecule has 0 aliphatic rings. The third-order valence-electron chi connectivity index (χ3n) is 4.40. The van der Waals surface area contributed by atoms with Crippen molar-refractivity contribution in [2.45, 2.75) is 0 Å². The number of non-ortho nitro benzene ring substituents is 1. The van der Waals surface area contributed by atoms with E-state index in [2.05, 4.69) is 10.3 Å². The van der Waals surface area contributed by atoms with E-state index in [1.54, 1.807) is 18.2 Å². The Morgan fingerprint density at radius 1 is 1.00 bits per heavy atom. The van der Waals surface area contributed by atoms with Gasteiger partial charge in [-0.25, -0.2) is 4.98 Å². The fraction of sp³-hybridized carbons (Fsp3) is 0.0476. The minimum Gasteiger partial charge on any atom is -0.477 e. The van der Waals surface area contributed by atoms with Gasteiger partial charge in [0.05, 0.1) is 15.9 Å². The summed E-state index contributed by atoms with van der Waals surface area (Å²) >= 11 is 0. The summed E-state index contributed by atoms with van der Waals surface area (Å²) in [5, 5.41) is 24.6. The van der Waals surface area contributed by atoms with Gasteiger partial charge in [-0.1, -0.05) is 18.2 Å². The van der Waals surface area contributed by atoms with Crippen LogP contribution in [0.3, 0.4) is 0 Å². The van der Waals surface area contributed by atoms with Gasteiger partial charge in [0.2, 0.25) is 5.89 Å². The molecule has 1 amide bonds. The van der Waals surface area contributed by atoms with E-state index in [0.717, 1.165) is 23.8 Å². The summed E-state index contributed by atoms with van der Waals surface area (Å²) in [6.45, 7) is -0.537. The fourth-order valence-corrected chi connectivity index (χ4v) is 2.93. The second kappa shape index (κ2) is 8.52. The third-order valence-corrected chi connectivity index (χ3v) is 4.40. The number of nitro benzene ring substituents is 2. The van der Waals surface area contributed by atoms with Crippen LogP contribution in [0.1, 0.15) is 0 Å². The molecule has 0 fully saturated rings. The number of aromatic nitrogens is 1. The van der Waals surface area contributed by atoms with E-state index in [9.17, 15) is 25.0 Å². The lowest BCUT2D eigenvalue weighted by Crippen LogP contribution is -2.20. The molecule has 32 heavy (non-hydrogen) atoms. The quantitative estimate of drug-likeness (QED) is 0.333. The standard InChI is InChI=1S/C21H14N4O7/c26-20(12-31-19-9-7-15(24(27)28)11-17(19)25(29)30)22-14-6-8-18-16(10-14)23-21(32-18)13-4-2-1-3-5-13/h1-11H,12H2,(H,22,26). The summed E-state index contributed by atoms with van der Waals surface area (Å²) in [6, 6.07) is 17.2. The molecule has 160 valence electrons. The molecule has 0 aliphatic heterocycles. The first-order valence-electron chi connectivity index (χ1n) is 9.22. The lowest BCUT2D eigenvalue weighted by atomic mass is 10.2. The smallest absolute Gasteiger partial charge is 0.317 e. The monoisotopic (exact) mass is 434 g/mol. The molecular formula is C21H14N4O7. The molecule has 0 spiro atoms. The second-order valence-electron chi connectivity index (χ2n) is 6.57. The maximum absolute atomic E-state index is 12.2. The molecule has 4 aromatic rings. The van der Waals surface area contributed by atoms with Crippen molar-refractivity contribution in [3.8, 4) is 17.2 Å². The van der Waals surface area contributed by atoms with Gasteiger partial charge < -0.3 is 14.5 Å². The van der Waals surface area contributed by atoms with E-state index < -0.39 is 33.7 Å². The first-order valence-corrected chi connectivity index (χ1v) is 9.22. The molecule has 0 bridgehead atoms. The number of hydrogen-bond donors (Lipinski definition) is 1. The largest absolute Gasteiger partial charge is 0.477 e. The number of anilines is 1. The Labute approximate surface area is 179 Å². The van der Waals surface area contributed by atoms with Crippen LogP contribution in [0, 0.1) is 20.2 Å². The number of nitro groups is 2. The van der Waals surface area contributed by atoms with E-state index >= 15 is 0 Å². The average molecular weight is 434 g/mol. The van der Waals surface area contributed by atoms with Crippen LogP contribution in [0.2, 0.25) is 0 Å². The first kappa shape index (κ1) is 20.5. The van der Waals surface area contributed by atoms with Gasteiger partial charge in [-0.15, -0.1) is 0 Å². The lowest BCUT2D eigenvalue weighted by molar-refractivity contribution is -0.394. The number of hydrogen-bond acceptors (Lipinski definition) is 8. The van der Waals surface area contributed by atoms with Crippen LogP contribution in [0.5, 0.6) is 5.75 Å². The molecule has 1 aromatic heterocycles. The summed E-state index contributed by atoms with van der Waals surface area (Å²) in [6.07, 6.45) is 0. The highest BCUT2D eigenvalue weighted by atomic mass is 16.6. The number of nitrogens with zero attached hydrogens (tertiary/aromatic N) is 3. The number of amides is 1. The van der Waals surface area contributed by atoms with Crippen molar-refractivity contribution in [2.75, 3.05) is 11.9 Å². The number of rotatable bonds is 7. The van der Waals surface area contributed by atoms with Crippen molar-refractivity contribution in [2.24, 2.45) is 0 Å². The molecule has 0 aliphatic carbocycles. The fourth-order valence-electron chi connectivity index (χ4n) is 2.93. The molecule has 0 atom stereocenters. The van der Waals surface area contributed by atoms with Crippen molar-refractivity contribution >= 4 is 34.1 Å². The van der Waals surface area contributed by atoms with E-state index in [1.807, 2.05) is 30.3 Å². The Balaban J connectivity index is 1.45. The number of carbonyl (C=O) groups excluding carboxylic acids is 1.